The number of amides is 1. The van der Waals surface area contributed by atoms with E-state index in [0.717, 1.165) is 11.3 Å². The largest absolute Gasteiger partial charge is 0.453 e. The van der Waals surface area contributed by atoms with Gasteiger partial charge in [-0.25, -0.2) is 0 Å². The molecule has 0 radical (unpaired) electrons. The van der Waals surface area contributed by atoms with E-state index < -0.39 is 0 Å². The van der Waals surface area contributed by atoms with Gasteiger partial charge in [-0.3, -0.25) is 4.79 Å². The third-order valence-electron chi connectivity index (χ3n) is 2.88. The Kier molecular flexibility index (Phi) is 2.63. The highest BCUT2D eigenvalue weighted by Gasteiger charge is 2.34. The molecule has 0 saturated heterocycles. The molecule has 0 N–H and O–H groups in total. The van der Waals surface area contributed by atoms with Crippen LogP contribution in [-0.2, 0) is 11.2 Å². The highest BCUT2D eigenvalue weighted by molar-refractivity contribution is 9.10. The van der Waals surface area contributed by atoms with E-state index in [-0.39, 0.29) is 11.9 Å². The van der Waals surface area contributed by atoms with Gasteiger partial charge in [0.15, 0.2) is 4.67 Å². The van der Waals surface area contributed by atoms with Crippen LogP contribution in [0.3, 0.4) is 0 Å². The molecule has 1 unspecified atom stereocenters. The van der Waals surface area contributed by atoms with Gasteiger partial charge in [-0.2, -0.15) is 0 Å². The normalized spacial score (nSPS) is 21.0. The van der Waals surface area contributed by atoms with Crippen molar-refractivity contribution in [3.8, 4) is 0 Å². The van der Waals surface area contributed by atoms with E-state index in [0.29, 0.717) is 17.0 Å². The lowest BCUT2D eigenvalue weighted by Gasteiger charge is -2.34. The minimum absolute atomic E-state index is 0.128. The number of furan rings is 1. The molecule has 0 aliphatic carbocycles. The Morgan fingerprint density at radius 3 is 2.87 bits per heavy atom. The molecule has 82 valence electrons. The molecule has 1 atom stereocenters. The van der Waals surface area contributed by atoms with Crippen molar-refractivity contribution in [2.24, 2.45) is 5.92 Å². The first-order chi connectivity index (χ1) is 7.00. The second kappa shape index (κ2) is 3.67. The molecule has 2 heterocycles. The summed E-state index contributed by atoms with van der Waals surface area (Å²) in [6.45, 7) is 4.23. The minimum Gasteiger partial charge on any atom is -0.453 e. The first-order valence-electron chi connectivity index (χ1n) is 5.04. The van der Waals surface area contributed by atoms with E-state index >= 15 is 0 Å². The zero-order valence-electron chi connectivity index (χ0n) is 9.08. The van der Waals surface area contributed by atoms with Gasteiger partial charge in [0.25, 0.3) is 0 Å². The molecule has 3 nitrogen and oxygen atoms in total. The van der Waals surface area contributed by atoms with Crippen molar-refractivity contribution in [1.29, 1.82) is 0 Å². The summed E-state index contributed by atoms with van der Waals surface area (Å²) in [7, 11) is 1.86. The molecule has 0 aromatic carbocycles. The summed E-state index contributed by atoms with van der Waals surface area (Å²) < 4.78 is 6.18. The number of fused-ring (bicyclic) bond motifs is 1. The van der Waals surface area contributed by atoms with E-state index in [1.54, 1.807) is 0 Å². The maximum atomic E-state index is 11.7. The van der Waals surface area contributed by atoms with Crippen LogP contribution < -0.4 is 0 Å². The van der Waals surface area contributed by atoms with Gasteiger partial charge in [0, 0.05) is 12.6 Å². The van der Waals surface area contributed by atoms with Crippen molar-refractivity contribution < 1.29 is 9.21 Å². The number of hydrogen-bond acceptors (Lipinski definition) is 2. The van der Waals surface area contributed by atoms with Crippen LogP contribution in [0.25, 0.3) is 0 Å². The Hall–Kier alpha value is -0.770. The lowest BCUT2D eigenvalue weighted by Crippen LogP contribution is -2.38. The summed E-state index contributed by atoms with van der Waals surface area (Å²) >= 11 is 3.31. The molecule has 1 amide bonds. The van der Waals surface area contributed by atoms with Crippen LogP contribution in [0.4, 0.5) is 0 Å². The van der Waals surface area contributed by atoms with Gasteiger partial charge in [-0.15, -0.1) is 0 Å². The predicted octanol–water partition coefficient (Wildman–Crippen LogP) is 2.75. The molecule has 2 rings (SSSR count). The Labute approximate surface area is 97.6 Å². The van der Waals surface area contributed by atoms with Crippen molar-refractivity contribution in [2.75, 3.05) is 7.05 Å². The fraction of sp³-hybridized carbons (Fsp3) is 0.545. The summed E-state index contributed by atoms with van der Waals surface area (Å²) in [5.41, 5.74) is 1.14. The van der Waals surface area contributed by atoms with E-state index in [4.69, 9.17) is 4.42 Å². The third kappa shape index (κ3) is 1.71. The minimum atomic E-state index is 0.128. The second-order valence-corrected chi connectivity index (χ2v) is 5.08. The molecule has 1 aromatic heterocycles. The summed E-state index contributed by atoms with van der Waals surface area (Å²) in [6.07, 6.45) is 0.376. The number of halogens is 1. The average Bonchev–Trinajstić information content (AvgIpc) is 2.46. The first kappa shape index (κ1) is 10.7. The number of carbonyl (C=O) groups is 1. The number of hydrogen-bond donors (Lipinski definition) is 0. The van der Waals surface area contributed by atoms with Crippen LogP contribution in [0, 0.1) is 5.92 Å². The third-order valence-corrected chi connectivity index (χ3v) is 3.27. The smallest absolute Gasteiger partial charge is 0.230 e. The van der Waals surface area contributed by atoms with Gasteiger partial charge in [-0.05, 0) is 27.9 Å². The Morgan fingerprint density at radius 2 is 2.27 bits per heavy atom. The molecule has 1 aliphatic heterocycles. The first-order valence-corrected chi connectivity index (χ1v) is 5.83. The van der Waals surface area contributed by atoms with Gasteiger partial charge in [0.2, 0.25) is 5.91 Å². The van der Waals surface area contributed by atoms with Crippen LogP contribution in [-0.4, -0.2) is 17.9 Å². The zero-order valence-corrected chi connectivity index (χ0v) is 10.7. The Morgan fingerprint density at radius 1 is 1.60 bits per heavy atom. The fourth-order valence-corrected chi connectivity index (χ4v) is 2.67. The van der Waals surface area contributed by atoms with Crippen LogP contribution >= 0.6 is 15.9 Å². The Bertz CT molecular complexity index is 397. The lowest BCUT2D eigenvalue weighted by molar-refractivity contribution is -0.133. The summed E-state index contributed by atoms with van der Waals surface area (Å²) in [4.78, 5) is 13.5. The zero-order chi connectivity index (χ0) is 11.2. The van der Waals surface area contributed by atoms with Gasteiger partial charge in [0.05, 0.1) is 12.5 Å². The molecular weight excluding hydrogens is 258 g/mol. The molecule has 0 bridgehead atoms. The van der Waals surface area contributed by atoms with Crippen molar-refractivity contribution in [3.63, 3.8) is 0 Å². The molecule has 0 fully saturated rings. The number of likely N-dealkylation sites (N-methyl/N-ethyl adjacent to an activating group) is 1. The number of rotatable bonds is 1. The van der Waals surface area contributed by atoms with Crippen molar-refractivity contribution in [1.82, 2.24) is 4.90 Å². The molecule has 1 aliphatic rings. The van der Waals surface area contributed by atoms with Gasteiger partial charge in [0.1, 0.15) is 5.76 Å². The molecule has 15 heavy (non-hydrogen) atoms. The summed E-state index contributed by atoms with van der Waals surface area (Å²) in [5, 5.41) is 0. The van der Waals surface area contributed by atoms with Crippen molar-refractivity contribution in [2.45, 2.75) is 26.3 Å². The average molecular weight is 272 g/mol. The highest BCUT2D eigenvalue weighted by atomic mass is 79.9. The van der Waals surface area contributed by atoms with Gasteiger partial charge in [-0.1, -0.05) is 13.8 Å². The summed E-state index contributed by atoms with van der Waals surface area (Å²) in [5.74, 6) is 1.33. The van der Waals surface area contributed by atoms with Crippen LogP contribution in [0.15, 0.2) is 15.2 Å². The van der Waals surface area contributed by atoms with Gasteiger partial charge >= 0.3 is 0 Å². The lowest BCUT2D eigenvalue weighted by atomic mass is 9.91. The summed E-state index contributed by atoms with van der Waals surface area (Å²) in [6, 6.07) is 2.11. The topological polar surface area (TPSA) is 33.5 Å². The molecule has 1 aromatic rings. The number of carbonyl (C=O) groups excluding carboxylic acids is 1. The standard InChI is InChI=1S/C11H14BrNO2/c1-6(2)11-7-4-9(12)15-8(7)5-10(14)13(11)3/h4,6,11H,5H2,1-3H3. The van der Waals surface area contributed by atoms with E-state index in [1.807, 2.05) is 18.0 Å². The monoisotopic (exact) mass is 271 g/mol. The molecule has 0 saturated carbocycles. The van der Waals surface area contributed by atoms with Crippen LogP contribution in [0.1, 0.15) is 31.2 Å². The Balaban J connectivity index is 2.49. The van der Waals surface area contributed by atoms with Crippen LogP contribution in [0.2, 0.25) is 0 Å². The van der Waals surface area contributed by atoms with E-state index in [9.17, 15) is 4.79 Å². The molecular formula is C11H14BrNO2. The van der Waals surface area contributed by atoms with E-state index in [1.165, 1.54) is 0 Å². The fourth-order valence-electron chi connectivity index (χ4n) is 2.23. The van der Waals surface area contributed by atoms with Gasteiger partial charge < -0.3 is 9.32 Å². The van der Waals surface area contributed by atoms with Crippen molar-refractivity contribution in [3.05, 3.63) is 22.1 Å². The molecule has 4 heteroatoms. The maximum absolute atomic E-state index is 11.7. The maximum Gasteiger partial charge on any atom is 0.230 e. The molecule has 0 spiro atoms. The van der Waals surface area contributed by atoms with Crippen molar-refractivity contribution >= 4 is 21.8 Å². The van der Waals surface area contributed by atoms with Crippen LogP contribution in [0.5, 0.6) is 0 Å². The highest BCUT2D eigenvalue weighted by Crippen LogP contribution is 2.37. The predicted molar refractivity (Wildman–Crippen MR) is 60.5 cm³/mol. The SMILES string of the molecule is CC(C)C1c2cc(Br)oc2CC(=O)N1C. The van der Waals surface area contributed by atoms with E-state index in [2.05, 4.69) is 29.8 Å². The second-order valence-electron chi connectivity index (χ2n) is 4.30. The number of nitrogens with zero attached hydrogens (tertiary/aromatic N) is 1. The quantitative estimate of drug-likeness (QED) is 0.787.